The van der Waals surface area contributed by atoms with Crippen LogP contribution >= 0.6 is 22.6 Å². The van der Waals surface area contributed by atoms with Crippen LogP contribution < -0.4 is 4.74 Å². The maximum atomic E-state index is 12.8. The molecule has 1 rings (SSSR count). The van der Waals surface area contributed by atoms with E-state index in [0.29, 0.717) is 0 Å². The summed E-state index contributed by atoms with van der Waals surface area (Å²) in [7, 11) is 0. The molecule has 0 saturated carbocycles. The molecule has 0 fully saturated rings. The van der Waals surface area contributed by atoms with Crippen molar-refractivity contribution < 1.29 is 40.6 Å². The molecule has 0 saturated heterocycles. The zero-order valence-corrected chi connectivity index (χ0v) is 12.3. The Morgan fingerprint density at radius 1 is 1.29 bits per heavy atom. The van der Waals surface area contributed by atoms with Crippen molar-refractivity contribution in [1.82, 2.24) is 4.98 Å². The Kier molecular flexibility index (Phi) is 5.28. The van der Waals surface area contributed by atoms with Crippen molar-refractivity contribution >= 4 is 28.6 Å². The van der Waals surface area contributed by atoms with E-state index in [-0.39, 0.29) is 12.7 Å². The Morgan fingerprint density at radius 3 is 2.29 bits per heavy atom. The standard InChI is InChI=1S/C10H6F6INO3/c1-2-20-8(19)4-3-5(21-10(14,15)16)6(7(17)18-4)9(11,12)13/h3H,2H2,1H3. The average Bonchev–Trinajstić information content (AvgIpc) is 2.24. The molecule has 0 radical (unpaired) electrons. The van der Waals surface area contributed by atoms with Gasteiger partial charge in [0.2, 0.25) is 0 Å². The van der Waals surface area contributed by atoms with Crippen molar-refractivity contribution in [2.45, 2.75) is 19.5 Å². The lowest BCUT2D eigenvalue weighted by Gasteiger charge is -2.17. The molecule has 1 aromatic rings. The summed E-state index contributed by atoms with van der Waals surface area (Å²) in [6.45, 7) is 1.30. The quantitative estimate of drug-likeness (QED) is 0.318. The normalized spacial score (nSPS) is 12.2. The lowest BCUT2D eigenvalue weighted by Crippen LogP contribution is -2.22. The van der Waals surface area contributed by atoms with Crippen LogP contribution in [-0.4, -0.2) is 23.9 Å². The topological polar surface area (TPSA) is 48.4 Å². The molecule has 21 heavy (non-hydrogen) atoms. The molecule has 0 amide bonds. The van der Waals surface area contributed by atoms with Crippen LogP contribution in [-0.2, 0) is 10.9 Å². The van der Waals surface area contributed by atoms with E-state index in [4.69, 9.17) is 0 Å². The smallest absolute Gasteiger partial charge is 0.461 e. The van der Waals surface area contributed by atoms with Gasteiger partial charge in [0, 0.05) is 6.07 Å². The molecule has 1 aromatic heterocycles. The number of ether oxygens (including phenoxy) is 2. The van der Waals surface area contributed by atoms with Gasteiger partial charge in [-0.1, -0.05) is 0 Å². The zero-order valence-electron chi connectivity index (χ0n) is 10.1. The summed E-state index contributed by atoms with van der Waals surface area (Å²) < 4.78 is 81.8. The average molecular weight is 429 g/mol. The predicted molar refractivity (Wildman–Crippen MR) is 64.6 cm³/mol. The van der Waals surface area contributed by atoms with Gasteiger partial charge >= 0.3 is 18.5 Å². The van der Waals surface area contributed by atoms with Crippen LogP contribution in [0.5, 0.6) is 5.75 Å². The number of alkyl halides is 6. The lowest BCUT2D eigenvalue weighted by atomic mass is 10.2. The highest BCUT2D eigenvalue weighted by Gasteiger charge is 2.42. The molecule has 0 unspecified atom stereocenters. The Morgan fingerprint density at radius 2 is 1.86 bits per heavy atom. The number of carbonyl (C=O) groups is 1. The number of carbonyl (C=O) groups excluding carboxylic acids is 1. The summed E-state index contributed by atoms with van der Waals surface area (Å²) in [6.07, 6.45) is -10.5. The molecule has 4 nitrogen and oxygen atoms in total. The SMILES string of the molecule is CCOC(=O)c1cc(OC(F)(F)F)c(C(F)(F)F)c(I)n1. The monoisotopic (exact) mass is 429 g/mol. The summed E-state index contributed by atoms with van der Waals surface area (Å²) in [5.41, 5.74) is -2.43. The van der Waals surface area contributed by atoms with Crippen LogP contribution in [0.4, 0.5) is 26.3 Å². The van der Waals surface area contributed by atoms with Gasteiger partial charge < -0.3 is 9.47 Å². The first-order valence-corrected chi connectivity index (χ1v) is 6.24. The van der Waals surface area contributed by atoms with Gasteiger partial charge in [0.25, 0.3) is 0 Å². The maximum Gasteiger partial charge on any atom is 0.573 e. The van der Waals surface area contributed by atoms with E-state index in [1.165, 1.54) is 6.92 Å². The summed E-state index contributed by atoms with van der Waals surface area (Å²) in [5.74, 6) is -2.71. The summed E-state index contributed by atoms with van der Waals surface area (Å²) >= 11 is 1.06. The second-order valence-electron chi connectivity index (χ2n) is 3.44. The van der Waals surface area contributed by atoms with Crippen LogP contribution in [0.3, 0.4) is 0 Å². The van der Waals surface area contributed by atoms with E-state index in [0.717, 1.165) is 22.6 Å². The van der Waals surface area contributed by atoms with Crippen molar-refractivity contribution in [1.29, 1.82) is 0 Å². The van der Waals surface area contributed by atoms with E-state index in [1.807, 2.05) is 0 Å². The second kappa shape index (κ2) is 6.23. The predicted octanol–water partition coefficient (Wildman–Crippen LogP) is 3.78. The van der Waals surface area contributed by atoms with E-state index < -0.39 is 39.2 Å². The van der Waals surface area contributed by atoms with Crippen LogP contribution in [0.25, 0.3) is 0 Å². The number of halogens is 7. The molecule has 11 heteroatoms. The molecule has 0 atom stereocenters. The van der Waals surface area contributed by atoms with Crippen molar-refractivity contribution in [2.75, 3.05) is 6.61 Å². The highest BCUT2D eigenvalue weighted by molar-refractivity contribution is 14.1. The summed E-state index contributed by atoms with van der Waals surface area (Å²) in [6, 6.07) is 0.246. The highest BCUT2D eigenvalue weighted by atomic mass is 127. The third kappa shape index (κ3) is 4.89. The molecule has 0 aliphatic heterocycles. The van der Waals surface area contributed by atoms with Crippen LogP contribution in [0.1, 0.15) is 23.0 Å². The maximum absolute atomic E-state index is 12.8. The molecule has 0 N–H and O–H groups in total. The van der Waals surface area contributed by atoms with Gasteiger partial charge in [-0.3, -0.25) is 0 Å². The summed E-state index contributed by atoms with van der Waals surface area (Å²) in [5, 5.41) is 0. The van der Waals surface area contributed by atoms with Crippen molar-refractivity contribution in [3.63, 3.8) is 0 Å². The number of esters is 1. The van der Waals surface area contributed by atoms with Crippen LogP contribution in [0.15, 0.2) is 6.07 Å². The molecule has 0 aliphatic rings. The minimum Gasteiger partial charge on any atom is -0.461 e. The number of nitrogens with zero attached hydrogens (tertiary/aromatic N) is 1. The molecule has 0 bridgehead atoms. The van der Waals surface area contributed by atoms with Gasteiger partial charge in [-0.2, -0.15) is 13.2 Å². The van der Waals surface area contributed by atoms with Gasteiger partial charge in [0.15, 0.2) is 5.69 Å². The molecular weight excluding hydrogens is 423 g/mol. The largest absolute Gasteiger partial charge is 0.573 e. The molecule has 0 aliphatic carbocycles. The molecule has 0 spiro atoms. The first kappa shape index (κ1) is 17.8. The molecule has 1 heterocycles. The van der Waals surface area contributed by atoms with Crippen molar-refractivity contribution in [3.05, 3.63) is 21.0 Å². The molecule has 0 aromatic carbocycles. The Bertz CT molecular complexity index is 543. The van der Waals surface area contributed by atoms with Crippen LogP contribution in [0, 0.1) is 3.70 Å². The Hall–Kier alpha value is -1.27. The molecular formula is C10H6F6INO3. The number of hydrogen-bond acceptors (Lipinski definition) is 4. The van der Waals surface area contributed by atoms with Crippen LogP contribution in [0.2, 0.25) is 0 Å². The van der Waals surface area contributed by atoms with Gasteiger partial charge in [-0.25, -0.2) is 9.78 Å². The van der Waals surface area contributed by atoms with E-state index in [2.05, 4.69) is 14.5 Å². The molecule has 118 valence electrons. The fourth-order valence-electron chi connectivity index (χ4n) is 1.26. The fraction of sp³-hybridized carbons (Fsp3) is 0.400. The third-order valence-electron chi connectivity index (χ3n) is 1.93. The Balaban J connectivity index is 3.42. The van der Waals surface area contributed by atoms with E-state index >= 15 is 0 Å². The zero-order chi connectivity index (χ0) is 16.4. The van der Waals surface area contributed by atoms with Gasteiger partial charge in [-0.15, -0.1) is 13.2 Å². The fourth-order valence-corrected chi connectivity index (χ4v) is 2.09. The first-order valence-electron chi connectivity index (χ1n) is 5.16. The van der Waals surface area contributed by atoms with Crippen molar-refractivity contribution in [2.24, 2.45) is 0 Å². The number of rotatable bonds is 3. The second-order valence-corrected chi connectivity index (χ2v) is 4.46. The lowest BCUT2D eigenvalue weighted by molar-refractivity contribution is -0.276. The summed E-state index contributed by atoms with van der Waals surface area (Å²) in [4.78, 5) is 14.7. The van der Waals surface area contributed by atoms with Gasteiger partial charge in [-0.05, 0) is 29.5 Å². The van der Waals surface area contributed by atoms with Crippen molar-refractivity contribution in [3.8, 4) is 5.75 Å². The number of pyridine rings is 1. The van der Waals surface area contributed by atoms with Gasteiger partial charge in [0.05, 0.1) is 6.61 Å². The van der Waals surface area contributed by atoms with Gasteiger partial charge in [0.1, 0.15) is 15.0 Å². The minimum absolute atomic E-state index is 0.117. The van der Waals surface area contributed by atoms with E-state index in [9.17, 15) is 31.1 Å². The highest BCUT2D eigenvalue weighted by Crippen LogP contribution is 2.41. The minimum atomic E-state index is -5.35. The third-order valence-corrected chi connectivity index (χ3v) is 2.71. The number of aromatic nitrogens is 1. The Labute approximate surface area is 127 Å². The first-order chi connectivity index (χ1) is 9.45. The van der Waals surface area contributed by atoms with E-state index in [1.54, 1.807) is 0 Å². The number of hydrogen-bond donors (Lipinski definition) is 0.